The minimum absolute atomic E-state index is 0.157. The van der Waals surface area contributed by atoms with Crippen molar-refractivity contribution in [3.8, 4) is 11.5 Å². The van der Waals surface area contributed by atoms with Crippen LogP contribution in [0.25, 0.3) is 6.08 Å². The number of ether oxygens (including phenoxy) is 2. The van der Waals surface area contributed by atoms with E-state index in [0.717, 1.165) is 14.0 Å². The number of nitrogens with zero attached hydrogens (tertiary/aromatic N) is 1. The second kappa shape index (κ2) is 9.62. The molecule has 3 amide bonds. The number of hydrogen-bond acceptors (Lipinski definition) is 4. The van der Waals surface area contributed by atoms with E-state index in [-0.39, 0.29) is 5.70 Å². The molecule has 0 aromatic heterocycles. The Kier molecular flexibility index (Phi) is 6.66. The van der Waals surface area contributed by atoms with E-state index < -0.39 is 11.9 Å². The Morgan fingerprint density at radius 1 is 1.03 bits per heavy atom. The number of imide groups is 1. The predicted octanol–water partition coefficient (Wildman–Crippen LogP) is 5.63. The Labute approximate surface area is 203 Å². The average molecular weight is 561 g/mol. The van der Waals surface area contributed by atoms with E-state index in [9.17, 15) is 9.59 Å². The van der Waals surface area contributed by atoms with Crippen molar-refractivity contribution in [1.29, 1.82) is 0 Å². The Balaban J connectivity index is 1.53. The quantitative estimate of drug-likeness (QED) is 0.241. The number of nitrogens with one attached hydrogen (secondary N) is 1. The molecule has 3 aromatic rings. The molecule has 4 rings (SSSR count). The lowest BCUT2D eigenvalue weighted by Crippen LogP contribution is -2.30. The lowest BCUT2D eigenvalue weighted by Gasteiger charge is -2.12. The van der Waals surface area contributed by atoms with Gasteiger partial charge in [-0.05, 0) is 82.3 Å². The Morgan fingerprint density at radius 3 is 2.53 bits per heavy atom. The number of carbonyl (C=O) groups is 2. The molecule has 162 valence electrons. The summed E-state index contributed by atoms with van der Waals surface area (Å²) in [4.78, 5) is 26.2. The molecule has 0 spiro atoms. The standard InChI is InChI=1S/C24H18ClIN2O4/c1-31-22-12-16(7-10-21(22)32-14-15-5-8-18(26)9-6-15)11-20-23(29)28(24(30)27-20)19-4-2-3-17(25)13-19/h2-13H,14H2,1H3,(H,27,30)/b20-11+. The van der Waals surface area contributed by atoms with Gasteiger partial charge >= 0.3 is 6.03 Å². The highest BCUT2D eigenvalue weighted by Gasteiger charge is 2.34. The van der Waals surface area contributed by atoms with Crippen LogP contribution in [0.15, 0.2) is 72.4 Å². The molecule has 3 aromatic carbocycles. The van der Waals surface area contributed by atoms with Gasteiger partial charge in [-0.2, -0.15) is 0 Å². The summed E-state index contributed by atoms with van der Waals surface area (Å²) in [6.07, 6.45) is 1.59. The average Bonchev–Trinajstić information content (AvgIpc) is 3.06. The number of carbonyl (C=O) groups excluding carboxylic acids is 2. The van der Waals surface area contributed by atoms with E-state index in [1.165, 1.54) is 0 Å². The lowest BCUT2D eigenvalue weighted by atomic mass is 10.1. The highest BCUT2D eigenvalue weighted by atomic mass is 127. The minimum atomic E-state index is -0.534. The molecule has 0 atom stereocenters. The normalized spacial score (nSPS) is 14.6. The van der Waals surface area contributed by atoms with Crippen molar-refractivity contribution in [2.45, 2.75) is 6.61 Å². The molecule has 0 aliphatic carbocycles. The lowest BCUT2D eigenvalue weighted by molar-refractivity contribution is -0.113. The van der Waals surface area contributed by atoms with Gasteiger partial charge in [0.2, 0.25) is 0 Å². The van der Waals surface area contributed by atoms with E-state index in [1.807, 2.05) is 24.3 Å². The summed E-state index contributed by atoms with van der Waals surface area (Å²) in [6, 6.07) is 19.4. The van der Waals surface area contributed by atoms with Gasteiger partial charge in [-0.3, -0.25) is 4.79 Å². The van der Waals surface area contributed by atoms with Crippen molar-refractivity contribution >= 4 is 57.9 Å². The van der Waals surface area contributed by atoms with Crippen LogP contribution < -0.4 is 19.7 Å². The summed E-state index contributed by atoms with van der Waals surface area (Å²) in [5.41, 5.74) is 2.28. The predicted molar refractivity (Wildman–Crippen MR) is 132 cm³/mol. The molecule has 0 radical (unpaired) electrons. The third-order valence-electron chi connectivity index (χ3n) is 4.75. The van der Waals surface area contributed by atoms with Crippen molar-refractivity contribution < 1.29 is 19.1 Å². The second-order valence-electron chi connectivity index (χ2n) is 6.93. The molecule has 32 heavy (non-hydrogen) atoms. The van der Waals surface area contributed by atoms with E-state index >= 15 is 0 Å². The van der Waals surface area contributed by atoms with Crippen molar-refractivity contribution in [1.82, 2.24) is 5.32 Å². The number of hydrogen-bond donors (Lipinski definition) is 1. The fourth-order valence-electron chi connectivity index (χ4n) is 3.19. The van der Waals surface area contributed by atoms with Gasteiger partial charge in [0, 0.05) is 8.59 Å². The summed E-state index contributed by atoms with van der Waals surface area (Å²) in [6.45, 7) is 0.400. The maximum Gasteiger partial charge on any atom is 0.333 e. The van der Waals surface area contributed by atoms with Crippen LogP contribution >= 0.6 is 34.2 Å². The number of amides is 3. The van der Waals surface area contributed by atoms with Crippen molar-refractivity contribution in [2.24, 2.45) is 0 Å². The topological polar surface area (TPSA) is 67.9 Å². The molecule has 1 N–H and O–H groups in total. The fourth-order valence-corrected chi connectivity index (χ4v) is 3.73. The molecule has 6 nitrogen and oxygen atoms in total. The maximum atomic E-state index is 12.8. The highest BCUT2D eigenvalue weighted by molar-refractivity contribution is 14.1. The Bertz CT molecular complexity index is 1210. The molecule has 8 heteroatoms. The van der Waals surface area contributed by atoms with Gasteiger partial charge in [-0.1, -0.05) is 35.9 Å². The van der Waals surface area contributed by atoms with Crippen LogP contribution in [0.2, 0.25) is 5.02 Å². The van der Waals surface area contributed by atoms with Gasteiger partial charge in [-0.25, -0.2) is 9.69 Å². The van der Waals surface area contributed by atoms with Crippen LogP contribution in [-0.2, 0) is 11.4 Å². The van der Waals surface area contributed by atoms with Gasteiger partial charge < -0.3 is 14.8 Å². The Hall–Kier alpha value is -3.04. The summed E-state index contributed by atoms with van der Waals surface area (Å²) in [5.74, 6) is 0.638. The zero-order valence-corrected chi connectivity index (χ0v) is 19.9. The maximum absolute atomic E-state index is 12.8. The van der Waals surface area contributed by atoms with E-state index in [4.69, 9.17) is 21.1 Å². The van der Waals surface area contributed by atoms with Crippen LogP contribution in [0.3, 0.4) is 0 Å². The number of anilines is 1. The van der Waals surface area contributed by atoms with Crippen LogP contribution in [-0.4, -0.2) is 19.0 Å². The van der Waals surface area contributed by atoms with Gasteiger partial charge in [0.25, 0.3) is 5.91 Å². The molecular formula is C24H18ClIN2O4. The molecule has 0 unspecified atom stereocenters. The Morgan fingerprint density at radius 2 is 1.81 bits per heavy atom. The second-order valence-corrected chi connectivity index (χ2v) is 8.62. The number of rotatable bonds is 6. The van der Waals surface area contributed by atoms with Gasteiger partial charge in [0.15, 0.2) is 11.5 Å². The molecule has 1 aliphatic rings. The van der Waals surface area contributed by atoms with Crippen molar-refractivity contribution in [3.63, 3.8) is 0 Å². The van der Waals surface area contributed by atoms with E-state index in [2.05, 4.69) is 27.9 Å². The van der Waals surface area contributed by atoms with Crippen LogP contribution in [0, 0.1) is 3.57 Å². The molecule has 1 heterocycles. The minimum Gasteiger partial charge on any atom is -0.493 e. The molecular weight excluding hydrogens is 543 g/mol. The number of benzene rings is 3. The fraction of sp³-hybridized carbons (Fsp3) is 0.0833. The first kappa shape index (κ1) is 22.2. The number of urea groups is 1. The largest absolute Gasteiger partial charge is 0.493 e. The number of methoxy groups -OCH3 is 1. The first-order chi connectivity index (χ1) is 15.4. The van der Waals surface area contributed by atoms with E-state index in [0.29, 0.717) is 34.4 Å². The summed E-state index contributed by atoms with van der Waals surface area (Å²) in [5, 5.41) is 3.04. The van der Waals surface area contributed by atoms with Crippen LogP contribution in [0.4, 0.5) is 10.5 Å². The monoisotopic (exact) mass is 560 g/mol. The zero-order valence-electron chi connectivity index (χ0n) is 17.0. The highest BCUT2D eigenvalue weighted by Crippen LogP contribution is 2.31. The zero-order chi connectivity index (χ0) is 22.7. The van der Waals surface area contributed by atoms with Gasteiger partial charge in [-0.15, -0.1) is 0 Å². The summed E-state index contributed by atoms with van der Waals surface area (Å²) in [7, 11) is 1.55. The molecule has 1 saturated heterocycles. The van der Waals surface area contributed by atoms with Crippen LogP contribution in [0.5, 0.6) is 11.5 Å². The molecule has 0 bridgehead atoms. The van der Waals surface area contributed by atoms with Gasteiger partial charge in [0.1, 0.15) is 12.3 Å². The molecule has 0 saturated carbocycles. The summed E-state index contributed by atoms with van der Waals surface area (Å²) < 4.78 is 12.5. The van der Waals surface area contributed by atoms with E-state index in [1.54, 1.807) is 55.7 Å². The summed E-state index contributed by atoms with van der Waals surface area (Å²) >= 11 is 8.25. The molecule has 1 aliphatic heterocycles. The third-order valence-corrected chi connectivity index (χ3v) is 5.71. The third kappa shape index (κ3) is 4.89. The van der Waals surface area contributed by atoms with Crippen molar-refractivity contribution in [2.75, 3.05) is 12.0 Å². The first-order valence-electron chi connectivity index (χ1n) is 9.62. The SMILES string of the molecule is COc1cc(/C=C2/NC(=O)N(c3cccc(Cl)c3)C2=O)ccc1OCc1ccc(I)cc1. The van der Waals surface area contributed by atoms with Crippen LogP contribution in [0.1, 0.15) is 11.1 Å². The molecule has 1 fully saturated rings. The van der Waals surface area contributed by atoms with Crippen molar-refractivity contribution in [3.05, 3.63) is 92.1 Å². The first-order valence-corrected chi connectivity index (χ1v) is 11.1. The smallest absolute Gasteiger partial charge is 0.333 e. The van der Waals surface area contributed by atoms with Gasteiger partial charge in [0.05, 0.1) is 12.8 Å². The number of halogens is 2.